The maximum Gasteiger partial charge on any atom is 0.260 e. The number of hydrogen-bond donors (Lipinski definition) is 1. The van der Waals surface area contributed by atoms with Crippen LogP contribution in [0.25, 0.3) is 0 Å². The summed E-state index contributed by atoms with van der Waals surface area (Å²) in [7, 11) is 4.51. The Morgan fingerprint density at radius 3 is 2.15 bits per heavy atom. The molecule has 5 nitrogen and oxygen atoms in total. The fourth-order valence-electron chi connectivity index (χ4n) is 0.933. The fourth-order valence-corrected chi connectivity index (χ4v) is 0.933. The van der Waals surface area contributed by atoms with Crippen LogP contribution < -0.4 is 19.9 Å². The summed E-state index contributed by atoms with van der Waals surface area (Å²) in [6, 6.07) is 1.60. The van der Waals surface area contributed by atoms with E-state index in [1.54, 1.807) is 6.07 Å². The van der Waals surface area contributed by atoms with Crippen LogP contribution in [0.3, 0.4) is 0 Å². The van der Waals surface area contributed by atoms with Crippen LogP contribution in [0.15, 0.2) is 6.07 Å². The van der Waals surface area contributed by atoms with Gasteiger partial charge in [-0.2, -0.15) is 4.98 Å². The van der Waals surface area contributed by atoms with E-state index < -0.39 is 0 Å². The molecule has 72 valence electrons. The van der Waals surface area contributed by atoms with E-state index in [0.29, 0.717) is 23.2 Å². The Morgan fingerprint density at radius 1 is 1.08 bits per heavy atom. The summed E-state index contributed by atoms with van der Waals surface area (Å²) in [5.74, 6) is 1.17. The van der Waals surface area contributed by atoms with Gasteiger partial charge in [-0.05, 0) is 0 Å². The highest BCUT2D eigenvalue weighted by Gasteiger charge is 2.10. The summed E-state index contributed by atoms with van der Waals surface area (Å²) in [5.41, 5.74) is 6.02. The minimum Gasteiger partial charge on any atom is -0.491 e. The van der Waals surface area contributed by atoms with Gasteiger partial charge in [-0.1, -0.05) is 0 Å². The largest absolute Gasteiger partial charge is 0.491 e. The Kier molecular flexibility index (Phi) is 2.79. The molecule has 0 saturated carbocycles. The summed E-state index contributed by atoms with van der Waals surface area (Å²) in [4.78, 5) is 3.99. The van der Waals surface area contributed by atoms with Crippen LogP contribution >= 0.6 is 0 Å². The van der Waals surface area contributed by atoms with Crippen molar-refractivity contribution in [1.29, 1.82) is 0 Å². The van der Waals surface area contributed by atoms with E-state index in [1.165, 1.54) is 21.3 Å². The number of nitrogens with zero attached hydrogens (tertiary/aromatic N) is 1. The average Bonchev–Trinajstić information content (AvgIpc) is 2.17. The molecule has 2 N–H and O–H groups in total. The predicted molar refractivity (Wildman–Crippen MR) is 48.3 cm³/mol. The van der Waals surface area contributed by atoms with Crippen LogP contribution in [-0.2, 0) is 0 Å². The molecule has 1 heterocycles. The summed E-state index contributed by atoms with van der Waals surface area (Å²) in [6.07, 6.45) is 0. The molecular weight excluding hydrogens is 172 g/mol. The molecule has 0 atom stereocenters. The zero-order valence-corrected chi connectivity index (χ0v) is 7.83. The van der Waals surface area contributed by atoms with E-state index in [-0.39, 0.29) is 0 Å². The Morgan fingerprint density at radius 2 is 1.69 bits per heavy atom. The lowest BCUT2D eigenvalue weighted by Crippen LogP contribution is -2.00. The lowest BCUT2D eigenvalue weighted by atomic mass is 10.4. The van der Waals surface area contributed by atoms with Crippen molar-refractivity contribution in [2.24, 2.45) is 0 Å². The molecule has 0 spiro atoms. The first-order valence-corrected chi connectivity index (χ1v) is 3.65. The van der Waals surface area contributed by atoms with Crippen molar-refractivity contribution in [2.75, 3.05) is 27.1 Å². The zero-order chi connectivity index (χ0) is 9.84. The van der Waals surface area contributed by atoms with E-state index in [9.17, 15) is 0 Å². The van der Waals surface area contributed by atoms with Gasteiger partial charge in [-0.3, -0.25) is 0 Å². The van der Waals surface area contributed by atoms with Gasteiger partial charge in [0.1, 0.15) is 0 Å². The normalized spacial score (nSPS) is 9.46. The van der Waals surface area contributed by atoms with Gasteiger partial charge in [0.2, 0.25) is 5.88 Å². The third kappa shape index (κ3) is 1.74. The van der Waals surface area contributed by atoms with Crippen LogP contribution in [0.4, 0.5) is 5.69 Å². The molecule has 0 bridgehead atoms. The average molecular weight is 184 g/mol. The number of methoxy groups -OCH3 is 3. The molecule has 1 aromatic heterocycles. The number of rotatable bonds is 3. The first kappa shape index (κ1) is 9.44. The lowest BCUT2D eigenvalue weighted by Gasteiger charge is -2.09. The van der Waals surface area contributed by atoms with Crippen molar-refractivity contribution < 1.29 is 14.2 Å². The summed E-state index contributed by atoms with van der Waals surface area (Å²) in [6.45, 7) is 0. The first-order valence-electron chi connectivity index (χ1n) is 3.65. The maximum atomic E-state index is 5.61. The number of ether oxygens (including phenoxy) is 3. The summed E-state index contributed by atoms with van der Waals surface area (Å²) >= 11 is 0. The van der Waals surface area contributed by atoms with Crippen LogP contribution in [0.5, 0.6) is 17.5 Å². The van der Waals surface area contributed by atoms with Crippen LogP contribution in [0, 0.1) is 0 Å². The molecule has 0 saturated heterocycles. The van der Waals surface area contributed by atoms with Crippen molar-refractivity contribution in [1.82, 2.24) is 4.98 Å². The van der Waals surface area contributed by atoms with Crippen molar-refractivity contribution in [3.63, 3.8) is 0 Å². The van der Waals surface area contributed by atoms with E-state index in [4.69, 9.17) is 19.9 Å². The molecule has 0 radical (unpaired) electrons. The lowest BCUT2D eigenvalue weighted by molar-refractivity contribution is 0.330. The molecule has 13 heavy (non-hydrogen) atoms. The highest BCUT2D eigenvalue weighted by molar-refractivity contribution is 5.55. The monoisotopic (exact) mass is 184 g/mol. The van der Waals surface area contributed by atoms with Gasteiger partial charge in [-0.25, -0.2) is 0 Å². The van der Waals surface area contributed by atoms with Crippen LogP contribution in [0.1, 0.15) is 0 Å². The molecule has 5 heteroatoms. The number of anilines is 1. The second-order valence-corrected chi connectivity index (χ2v) is 2.30. The van der Waals surface area contributed by atoms with Crippen LogP contribution in [-0.4, -0.2) is 26.3 Å². The molecule has 0 amide bonds. The Labute approximate surface area is 76.4 Å². The molecule has 1 aromatic rings. The molecule has 0 fully saturated rings. The third-order valence-corrected chi connectivity index (χ3v) is 1.55. The highest BCUT2D eigenvalue weighted by Crippen LogP contribution is 2.31. The van der Waals surface area contributed by atoms with Gasteiger partial charge in [0.05, 0.1) is 27.0 Å². The van der Waals surface area contributed by atoms with Crippen molar-refractivity contribution in [3.05, 3.63) is 6.07 Å². The maximum absolute atomic E-state index is 5.61. The van der Waals surface area contributed by atoms with Gasteiger partial charge >= 0.3 is 0 Å². The third-order valence-electron chi connectivity index (χ3n) is 1.55. The second kappa shape index (κ2) is 3.84. The number of pyridine rings is 1. The number of aromatic nitrogens is 1. The smallest absolute Gasteiger partial charge is 0.260 e. The minimum absolute atomic E-state index is 0.331. The van der Waals surface area contributed by atoms with Crippen LogP contribution in [0.2, 0.25) is 0 Å². The number of hydrogen-bond acceptors (Lipinski definition) is 5. The number of nitrogen functional groups attached to an aromatic ring is 1. The summed E-state index contributed by atoms with van der Waals surface area (Å²) in [5, 5.41) is 0. The van der Waals surface area contributed by atoms with Gasteiger partial charge < -0.3 is 19.9 Å². The fraction of sp³-hybridized carbons (Fsp3) is 0.375. The van der Waals surface area contributed by atoms with Gasteiger partial charge in [0.25, 0.3) is 5.88 Å². The molecule has 0 aliphatic heterocycles. The number of nitrogens with two attached hydrogens (primary N) is 1. The SMILES string of the molecule is COc1cc(N)c(OC)nc1OC. The predicted octanol–water partition coefficient (Wildman–Crippen LogP) is 0.690. The Bertz CT molecular complexity index is 302. The van der Waals surface area contributed by atoms with E-state index in [0.717, 1.165) is 0 Å². The highest BCUT2D eigenvalue weighted by atomic mass is 16.5. The second-order valence-electron chi connectivity index (χ2n) is 2.30. The van der Waals surface area contributed by atoms with Crippen molar-refractivity contribution >= 4 is 5.69 Å². The topological polar surface area (TPSA) is 66.6 Å². The molecule has 1 rings (SSSR count). The molecule has 0 unspecified atom stereocenters. The first-order chi connectivity index (χ1) is 6.22. The molecular formula is C8H12N2O3. The van der Waals surface area contributed by atoms with Gasteiger partial charge in [-0.15, -0.1) is 0 Å². The van der Waals surface area contributed by atoms with E-state index >= 15 is 0 Å². The Hall–Kier alpha value is -1.65. The molecule has 0 aliphatic carbocycles. The van der Waals surface area contributed by atoms with Gasteiger partial charge in [0.15, 0.2) is 5.75 Å². The van der Waals surface area contributed by atoms with Crippen molar-refractivity contribution in [3.8, 4) is 17.5 Å². The summed E-state index contributed by atoms with van der Waals surface area (Å²) < 4.78 is 14.9. The van der Waals surface area contributed by atoms with E-state index in [2.05, 4.69) is 4.98 Å². The molecule has 0 aliphatic rings. The quantitative estimate of drug-likeness (QED) is 0.748. The van der Waals surface area contributed by atoms with E-state index in [1.807, 2.05) is 0 Å². The minimum atomic E-state index is 0.331. The molecule has 0 aromatic carbocycles. The van der Waals surface area contributed by atoms with Crippen molar-refractivity contribution in [2.45, 2.75) is 0 Å². The standard InChI is InChI=1S/C8H12N2O3/c1-11-6-4-5(9)7(12-2)10-8(6)13-3/h4H,9H2,1-3H3. The van der Waals surface area contributed by atoms with Gasteiger partial charge in [0, 0.05) is 6.07 Å². The Balaban J connectivity index is 3.18. The zero-order valence-electron chi connectivity index (χ0n) is 7.83.